The topological polar surface area (TPSA) is 131 Å². The fraction of sp³-hybridized carbons (Fsp3) is 0.143. The fourth-order valence-electron chi connectivity index (χ4n) is 1.60. The first-order chi connectivity index (χ1) is 12.0. The van der Waals surface area contributed by atoms with Gasteiger partial charge in [0.15, 0.2) is 9.51 Å². The van der Waals surface area contributed by atoms with Gasteiger partial charge in [0.1, 0.15) is 0 Å². The second kappa shape index (κ2) is 9.30. The largest absolute Gasteiger partial charge is 0.398 e. The zero-order chi connectivity index (χ0) is 18.2. The highest BCUT2D eigenvalue weighted by molar-refractivity contribution is 8.16. The van der Waals surface area contributed by atoms with E-state index in [1.165, 1.54) is 23.1 Å². The predicted octanol–water partition coefficient (Wildman–Crippen LogP) is 2.19. The maximum absolute atomic E-state index is 12.3. The van der Waals surface area contributed by atoms with Crippen LogP contribution < -0.4 is 22.1 Å². The first-order valence-corrected chi connectivity index (χ1v) is 9.50. The van der Waals surface area contributed by atoms with E-state index in [-0.39, 0.29) is 5.17 Å². The van der Waals surface area contributed by atoms with E-state index in [4.69, 9.17) is 11.5 Å². The third-order valence-electron chi connectivity index (χ3n) is 2.72. The van der Waals surface area contributed by atoms with E-state index in [2.05, 4.69) is 25.8 Å². The number of aromatic nitrogens is 2. The van der Waals surface area contributed by atoms with Gasteiger partial charge in [-0.2, -0.15) is 4.99 Å². The Bertz CT molecular complexity index is 803. The zero-order valence-corrected chi connectivity index (χ0v) is 16.0. The molecule has 0 aliphatic heterocycles. The van der Waals surface area contributed by atoms with Gasteiger partial charge in [0, 0.05) is 30.9 Å². The van der Waals surface area contributed by atoms with Crippen LogP contribution in [0.15, 0.2) is 44.0 Å². The molecule has 25 heavy (non-hydrogen) atoms. The lowest BCUT2D eigenvalue weighted by Crippen LogP contribution is -2.10. The van der Waals surface area contributed by atoms with E-state index in [1.807, 2.05) is 6.07 Å². The van der Waals surface area contributed by atoms with Gasteiger partial charge in [0.2, 0.25) is 5.13 Å². The first kappa shape index (κ1) is 19.1. The van der Waals surface area contributed by atoms with Crippen molar-refractivity contribution < 1.29 is 4.79 Å². The minimum Gasteiger partial charge on any atom is -0.398 e. The van der Waals surface area contributed by atoms with Crippen LogP contribution in [-0.4, -0.2) is 35.4 Å². The molecule has 0 bridgehead atoms. The highest BCUT2D eigenvalue weighted by atomic mass is 32.2. The average molecular weight is 396 g/mol. The second-order valence-electron chi connectivity index (χ2n) is 4.44. The summed E-state index contributed by atoms with van der Waals surface area (Å²) in [5, 5.41) is 16.3. The maximum Gasteiger partial charge on any atom is 0.281 e. The molecular formula is C14H17N7OS3. The summed E-state index contributed by atoms with van der Waals surface area (Å²) in [4.78, 5) is 17.0. The predicted molar refractivity (Wildman–Crippen MR) is 106 cm³/mol. The van der Waals surface area contributed by atoms with E-state index in [0.29, 0.717) is 11.3 Å². The van der Waals surface area contributed by atoms with Crippen LogP contribution in [0.5, 0.6) is 0 Å². The molecule has 11 heteroatoms. The number of thioether (sulfide) groups is 1. The molecule has 0 unspecified atom stereocenters. The quantitative estimate of drug-likeness (QED) is 0.330. The van der Waals surface area contributed by atoms with Crippen LogP contribution >= 0.6 is 34.9 Å². The number of rotatable bonds is 6. The Balaban J connectivity index is 2.16. The number of aliphatic imine (C=N–C) groups is 1. The van der Waals surface area contributed by atoms with Crippen LogP contribution in [0.1, 0.15) is 10.4 Å². The Morgan fingerprint density at radius 3 is 2.84 bits per heavy atom. The molecule has 2 aromatic rings. The SMILES string of the molecule is CN/C=C/SC(N)=NC(=O)c1cc(Sc2nnc(NC)s2)ccc1N. The van der Waals surface area contributed by atoms with E-state index < -0.39 is 5.91 Å². The van der Waals surface area contributed by atoms with E-state index in [0.717, 1.165) is 26.1 Å². The summed E-state index contributed by atoms with van der Waals surface area (Å²) in [5.41, 5.74) is 12.3. The van der Waals surface area contributed by atoms with Crippen molar-refractivity contribution in [1.29, 1.82) is 0 Å². The van der Waals surface area contributed by atoms with Crippen molar-refractivity contribution in [1.82, 2.24) is 15.5 Å². The number of benzene rings is 1. The molecule has 1 amide bonds. The Labute approximate surface area is 157 Å². The number of nitrogen functional groups attached to an aromatic ring is 1. The summed E-state index contributed by atoms with van der Waals surface area (Å²) in [6, 6.07) is 5.15. The molecule has 0 aliphatic rings. The number of amidine groups is 1. The van der Waals surface area contributed by atoms with Crippen molar-refractivity contribution in [2.24, 2.45) is 10.7 Å². The summed E-state index contributed by atoms with van der Waals surface area (Å²) in [6.45, 7) is 0. The van der Waals surface area contributed by atoms with Gasteiger partial charge in [-0.1, -0.05) is 34.9 Å². The Kier molecular flexibility index (Phi) is 7.10. The van der Waals surface area contributed by atoms with Crippen molar-refractivity contribution in [2.75, 3.05) is 25.1 Å². The van der Waals surface area contributed by atoms with Crippen molar-refractivity contribution in [3.05, 3.63) is 35.4 Å². The molecule has 0 saturated heterocycles. The van der Waals surface area contributed by atoms with Crippen LogP contribution in [0.25, 0.3) is 0 Å². The van der Waals surface area contributed by atoms with Crippen LogP contribution in [0.4, 0.5) is 10.8 Å². The number of hydrogen-bond acceptors (Lipinski definition) is 9. The third kappa shape index (κ3) is 5.66. The van der Waals surface area contributed by atoms with Crippen molar-refractivity contribution >= 4 is 56.8 Å². The van der Waals surface area contributed by atoms with Crippen LogP contribution in [-0.2, 0) is 0 Å². The molecule has 0 atom stereocenters. The smallest absolute Gasteiger partial charge is 0.281 e. The number of carbonyl (C=O) groups is 1. The Morgan fingerprint density at radius 1 is 1.36 bits per heavy atom. The molecule has 6 N–H and O–H groups in total. The zero-order valence-electron chi connectivity index (χ0n) is 13.5. The molecule has 0 saturated carbocycles. The van der Waals surface area contributed by atoms with Crippen molar-refractivity contribution in [2.45, 2.75) is 9.24 Å². The summed E-state index contributed by atoms with van der Waals surface area (Å²) < 4.78 is 0.753. The molecule has 2 rings (SSSR count). The standard InChI is InChI=1S/C14H17N7OS3/c1-17-5-6-23-12(16)19-11(22)9-7-8(3-4-10(9)15)24-14-21-20-13(18-2)25-14/h3-7,17H,15H2,1-2H3,(H,18,20)(H2,16,19,22)/b6-5+. The average Bonchev–Trinajstić information content (AvgIpc) is 3.04. The molecule has 0 radical (unpaired) electrons. The molecule has 1 aromatic heterocycles. The Morgan fingerprint density at radius 2 is 2.16 bits per heavy atom. The second-order valence-corrected chi connectivity index (χ2v) is 7.66. The van der Waals surface area contributed by atoms with Crippen molar-refractivity contribution in [3.63, 3.8) is 0 Å². The van der Waals surface area contributed by atoms with Gasteiger partial charge in [0.25, 0.3) is 5.91 Å². The molecular weight excluding hydrogens is 378 g/mol. The first-order valence-electron chi connectivity index (χ1n) is 6.99. The van der Waals surface area contributed by atoms with Gasteiger partial charge in [-0.3, -0.25) is 4.79 Å². The number of nitrogens with one attached hydrogen (secondary N) is 2. The summed E-state index contributed by atoms with van der Waals surface area (Å²) in [6.07, 6.45) is 1.69. The van der Waals surface area contributed by atoms with Gasteiger partial charge >= 0.3 is 0 Å². The van der Waals surface area contributed by atoms with Gasteiger partial charge in [-0.15, -0.1) is 10.2 Å². The number of amides is 1. The van der Waals surface area contributed by atoms with Gasteiger partial charge < -0.3 is 22.1 Å². The van der Waals surface area contributed by atoms with Gasteiger partial charge in [-0.05, 0) is 23.6 Å². The lowest BCUT2D eigenvalue weighted by molar-refractivity contribution is 0.100. The number of hydrogen-bond donors (Lipinski definition) is 4. The van der Waals surface area contributed by atoms with Crippen LogP contribution in [0.3, 0.4) is 0 Å². The summed E-state index contributed by atoms with van der Waals surface area (Å²) >= 11 is 3.95. The van der Waals surface area contributed by atoms with Gasteiger partial charge in [0.05, 0.1) is 5.56 Å². The highest BCUT2D eigenvalue weighted by Gasteiger charge is 2.13. The Hall–Kier alpha value is -2.24. The third-order valence-corrected chi connectivity index (χ3v) is 5.30. The molecule has 1 aromatic carbocycles. The summed E-state index contributed by atoms with van der Waals surface area (Å²) in [7, 11) is 3.54. The molecule has 0 fully saturated rings. The number of nitrogens with two attached hydrogens (primary N) is 2. The fourth-order valence-corrected chi connectivity index (χ4v) is 3.79. The number of anilines is 2. The minimum absolute atomic E-state index is 0.136. The van der Waals surface area contributed by atoms with Crippen molar-refractivity contribution in [3.8, 4) is 0 Å². The monoisotopic (exact) mass is 395 g/mol. The lowest BCUT2D eigenvalue weighted by atomic mass is 10.2. The van der Waals surface area contributed by atoms with Crippen LogP contribution in [0.2, 0.25) is 0 Å². The molecule has 132 valence electrons. The summed E-state index contributed by atoms with van der Waals surface area (Å²) in [5.74, 6) is -0.490. The minimum atomic E-state index is -0.490. The lowest BCUT2D eigenvalue weighted by Gasteiger charge is -2.05. The van der Waals surface area contributed by atoms with E-state index in [1.54, 1.807) is 37.8 Å². The van der Waals surface area contributed by atoms with Gasteiger partial charge in [-0.25, -0.2) is 0 Å². The van der Waals surface area contributed by atoms with E-state index >= 15 is 0 Å². The number of carbonyl (C=O) groups excluding carboxylic acids is 1. The molecule has 0 aliphatic carbocycles. The molecule has 1 heterocycles. The van der Waals surface area contributed by atoms with Crippen LogP contribution in [0, 0.1) is 0 Å². The van der Waals surface area contributed by atoms with E-state index in [9.17, 15) is 4.79 Å². The highest BCUT2D eigenvalue weighted by Crippen LogP contribution is 2.33. The molecule has 8 nitrogen and oxygen atoms in total. The number of nitrogens with zero attached hydrogens (tertiary/aromatic N) is 3. The molecule has 0 spiro atoms. The normalized spacial score (nSPS) is 11.7. The maximum atomic E-state index is 12.3.